The zero-order valence-corrected chi connectivity index (χ0v) is 20.8. The van der Waals surface area contributed by atoms with Crippen molar-refractivity contribution in [1.82, 2.24) is 20.4 Å². The summed E-state index contributed by atoms with van der Waals surface area (Å²) in [7, 11) is 0. The minimum atomic E-state index is -0.216. The Morgan fingerprint density at radius 2 is 1.67 bits per heavy atom. The topological polar surface area (TPSA) is 78.4 Å². The number of carbonyl (C=O) groups is 2. The Morgan fingerprint density at radius 3 is 2.30 bits per heavy atom. The summed E-state index contributed by atoms with van der Waals surface area (Å²) in [6.07, 6.45) is 6.37. The molecular weight excluding hydrogens is 434 g/mol. The molecule has 33 heavy (non-hydrogen) atoms. The van der Waals surface area contributed by atoms with Crippen LogP contribution in [0.25, 0.3) is 0 Å². The summed E-state index contributed by atoms with van der Waals surface area (Å²) < 4.78 is 0. The maximum Gasteiger partial charge on any atom is 0.251 e. The first-order valence-corrected chi connectivity index (χ1v) is 12.9. The third-order valence-corrected chi connectivity index (χ3v) is 7.85. The maximum absolute atomic E-state index is 12.6. The highest BCUT2D eigenvalue weighted by Crippen LogP contribution is 2.36. The van der Waals surface area contributed by atoms with Crippen LogP contribution in [0.4, 0.5) is 5.13 Å². The molecule has 1 aromatic carbocycles. The van der Waals surface area contributed by atoms with Gasteiger partial charge in [-0.15, -0.1) is 10.2 Å². The normalized spacial score (nSPS) is 17.8. The van der Waals surface area contributed by atoms with Gasteiger partial charge in [0.05, 0.1) is 6.54 Å². The number of hydrogen-bond acceptors (Lipinski definition) is 6. The van der Waals surface area contributed by atoms with Crippen molar-refractivity contribution in [2.24, 2.45) is 0 Å². The second-order valence-electron chi connectivity index (χ2n) is 10.1. The number of benzene rings is 1. The van der Waals surface area contributed by atoms with Crippen LogP contribution < -0.4 is 10.2 Å². The van der Waals surface area contributed by atoms with E-state index in [4.69, 9.17) is 0 Å². The van der Waals surface area contributed by atoms with Gasteiger partial charge in [0, 0.05) is 37.7 Å². The van der Waals surface area contributed by atoms with Crippen LogP contribution >= 0.6 is 11.3 Å². The predicted molar refractivity (Wildman–Crippen MR) is 132 cm³/mol. The Hall–Kier alpha value is -2.48. The average molecular weight is 470 g/mol. The van der Waals surface area contributed by atoms with Gasteiger partial charge < -0.3 is 15.1 Å². The standard InChI is InChI=1S/C25H35N5O2S/c1-25(2,3)20-11-9-18(10-12-20)22(32)26-17-21(31)29-13-15-30(16-14-29)24-28-27-23(33-24)19-7-5-4-6-8-19/h9-12,19H,4-8,13-17H2,1-3H3,(H,26,32). The molecule has 0 bridgehead atoms. The van der Waals surface area contributed by atoms with Crippen LogP contribution in [-0.2, 0) is 10.2 Å². The second-order valence-corrected chi connectivity index (χ2v) is 11.1. The van der Waals surface area contributed by atoms with Gasteiger partial charge in [0.25, 0.3) is 5.91 Å². The molecule has 2 amide bonds. The monoisotopic (exact) mass is 469 g/mol. The zero-order chi connectivity index (χ0) is 23.4. The molecule has 0 unspecified atom stereocenters. The molecule has 2 heterocycles. The smallest absolute Gasteiger partial charge is 0.251 e. The van der Waals surface area contributed by atoms with Gasteiger partial charge in [-0.3, -0.25) is 9.59 Å². The minimum Gasteiger partial charge on any atom is -0.343 e. The molecule has 2 aliphatic rings. The highest BCUT2D eigenvalue weighted by molar-refractivity contribution is 7.15. The van der Waals surface area contributed by atoms with Gasteiger partial charge in [0.2, 0.25) is 11.0 Å². The fourth-order valence-corrected chi connectivity index (χ4v) is 5.57. The molecule has 2 aromatic rings. The molecule has 2 fully saturated rings. The van der Waals surface area contributed by atoms with Gasteiger partial charge in [0.1, 0.15) is 5.01 Å². The van der Waals surface area contributed by atoms with Crippen LogP contribution in [0.2, 0.25) is 0 Å². The van der Waals surface area contributed by atoms with E-state index in [2.05, 4.69) is 41.2 Å². The molecule has 178 valence electrons. The fraction of sp³-hybridized carbons (Fsp3) is 0.600. The Balaban J connectivity index is 1.23. The molecule has 0 atom stereocenters. The van der Waals surface area contributed by atoms with Crippen molar-refractivity contribution in [3.63, 3.8) is 0 Å². The molecule has 7 nitrogen and oxygen atoms in total. The highest BCUT2D eigenvalue weighted by atomic mass is 32.1. The van der Waals surface area contributed by atoms with E-state index in [1.807, 2.05) is 29.2 Å². The number of nitrogens with one attached hydrogen (secondary N) is 1. The highest BCUT2D eigenvalue weighted by Gasteiger charge is 2.26. The van der Waals surface area contributed by atoms with Crippen molar-refractivity contribution in [1.29, 1.82) is 0 Å². The lowest BCUT2D eigenvalue weighted by Crippen LogP contribution is -2.51. The predicted octanol–water partition coefficient (Wildman–Crippen LogP) is 3.96. The van der Waals surface area contributed by atoms with E-state index in [0.29, 0.717) is 24.6 Å². The van der Waals surface area contributed by atoms with E-state index in [-0.39, 0.29) is 23.8 Å². The quantitative estimate of drug-likeness (QED) is 0.717. The van der Waals surface area contributed by atoms with Crippen LogP contribution in [0.15, 0.2) is 24.3 Å². The maximum atomic E-state index is 12.6. The summed E-state index contributed by atoms with van der Waals surface area (Å²) in [6.45, 7) is 9.19. The van der Waals surface area contributed by atoms with Crippen molar-refractivity contribution in [2.45, 2.75) is 64.2 Å². The van der Waals surface area contributed by atoms with Crippen molar-refractivity contribution in [2.75, 3.05) is 37.6 Å². The number of piperazine rings is 1. The summed E-state index contributed by atoms with van der Waals surface area (Å²) in [5.41, 5.74) is 1.79. The van der Waals surface area contributed by atoms with Crippen LogP contribution in [0.1, 0.15) is 79.7 Å². The van der Waals surface area contributed by atoms with E-state index in [9.17, 15) is 9.59 Å². The number of amides is 2. The summed E-state index contributed by atoms with van der Waals surface area (Å²) in [5, 5.41) is 13.8. The molecule has 1 aromatic heterocycles. The second kappa shape index (κ2) is 10.2. The molecule has 1 aliphatic carbocycles. The van der Waals surface area contributed by atoms with Gasteiger partial charge in [-0.1, -0.05) is 63.5 Å². The van der Waals surface area contributed by atoms with E-state index in [1.54, 1.807) is 11.3 Å². The van der Waals surface area contributed by atoms with E-state index < -0.39 is 0 Å². The number of nitrogens with zero attached hydrogens (tertiary/aromatic N) is 4. The molecule has 0 spiro atoms. The number of anilines is 1. The van der Waals surface area contributed by atoms with Gasteiger partial charge >= 0.3 is 0 Å². The van der Waals surface area contributed by atoms with Crippen LogP contribution in [0, 0.1) is 0 Å². The Morgan fingerprint density at radius 1 is 1.00 bits per heavy atom. The molecule has 1 N–H and O–H groups in total. The first-order chi connectivity index (χ1) is 15.8. The van der Waals surface area contributed by atoms with Crippen LogP contribution in [0.5, 0.6) is 0 Å². The molecule has 8 heteroatoms. The molecule has 1 saturated carbocycles. The SMILES string of the molecule is CC(C)(C)c1ccc(C(=O)NCC(=O)N2CCN(c3nnc(C4CCCCC4)s3)CC2)cc1. The Labute approximate surface area is 200 Å². The van der Waals surface area contributed by atoms with Gasteiger partial charge in [-0.05, 0) is 36.0 Å². The van der Waals surface area contributed by atoms with Gasteiger partial charge in [0.15, 0.2) is 0 Å². The minimum absolute atomic E-state index is 0.0183. The largest absolute Gasteiger partial charge is 0.343 e. The summed E-state index contributed by atoms with van der Waals surface area (Å²) >= 11 is 1.71. The summed E-state index contributed by atoms with van der Waals surface area (Å²) in [5.74, 6) is 0.308. The van der Waals surface area contributed by atoms with Crippen molar-refractivity contribution >= 4 is 28.3 Å². The van der Waals surface area contributed by atoms with Crippen LogP contribution in [0.3, 0.4) is 0 Å². The molecule has 0 radical (unpaired) electrons. The lowest BCUT2D eigenvalue weighted by atomic mass is 9.87. The zero-order valence-electron chi connectivity index (χ0n) is 20.0. The van der Waals surface area contributed by atoms with Crippen LogP contribution in [-0.4, -0.2) is 59.6 Å². The number of rotatable bonds is 5. The lowest BCUT2D eigenvalue weighted by Gasteiger charge is -2.34. The number of carbonyl (C=O) groups excluding carboxylic acids is 2. The van der Waals surface area contributed by atoms with Gasteiger partial charge in [-0.25, -0.2) is 0 Å². The Bertz CT molecular complexity index is 952. The fourth-order valence-electron chi connectivity index (χ4n) is 4.51. The molecular formula is C25H35N5O2S. The molecule has 1 aliphatic heterocycles. The molecule has 1 saturated heterocycles. The third-order valence-electron chi connectivity index (χ3n) is 6.70. The van der Waals surface area contributed by atoms with Crippen molar-refractivity contribution in [3.05, 3.63) is 40.4 Å². The van der Waals surface area contributed by atoms with Gasteiger partial charge in [-0.2, -0.15) is 0 Å². The van der Waals surface area contributed by atoms with E-state index >= 15 is 0 Å². The Kier molecular flexibility index (Phi) is 7.32. The molecule has 4 rings (SSSR count). The van der Waals surface area contributed by atoms with Crippen molar-refractivity contribution in [3.8, 4) is 0 Å². The number of aromatic nitrogens is 2. The summed E-state index contributed by atoms with van der Waals surface area (Å²) in [4.78, 5) is 29.1. The van der Waals surface area contributed by atoms with Crippen molar-refractivity contribution < 1.29 is 9.59 Å². The van der Waals surface area contributed by atoms with E-state index in [0.717, 1.165) is 18.2 Å². The third kappa shape index (κ3) is 5.91. The first-order valence-electron chi connectivity index (χ1n) is 12.1. The summed E-state index contributed by atoms with van der Waals surface area (Å²) in [6, 6.07) is 7.60. The number of hydrogen-bond donors (Lipinski definition) is 1. The first kappa shape index (κ1) is 23.7. The lowest BCUT2D eigenvalue weighted by molar-refractivity contribution is -0.130. The van der Waals surface area contributed by atoms with E-state index in [1.165, 1.54) is 42.7 Å². The average Bonchev–Trinajstić information content (AvgIpc) is 3.33.